The molecule has 0 amide bonds. The predicted molar refractivity (Wildman–Crippen MR) is 118 cm³/mol. The van der Waals surface area contributed by atoms with Crippen molar-refractivity contribution in [3.8, 4) is 0 Å². The minimum absolute atomic E-state index is 0.301. The highest BCUT2D eigenvalue weighted by Crippen LogP contribution is 2.48. The lowest BCUT2D eigenvalue weighted by molar-refractivity contribution is -0.138. The minimum Gasteiger partial charge on any atom is -0.461 e. The van der Waals surface area contributed by atoms with E-state index in [2.05, 4.69) is 41.0 Å². The Labute approximate surface area is 176 Å². The third-order valence-electron chi connectivity index (χ3n) is 4.46. The fraction of sp³-hybridized carbons (Fsp3) is 0.318. The number of likely N-dealkylation sites (N-methyl/N-ethyl adjacent to an activating group) is 1. The van der Waals surface area contributed by atoms with Gasteiger partial charge in [-0.1, -0.05) is 53.2 Å². The number of thioether (sulfide) groups is 1. The van der Waals surface area contributed by atoms with Crippen LogP contribution in [-0.2, 0) is 9.53 Å². The molecule has 0 fully saturated rings. The molecule has 0 aliphatic carbocycles. The van der Waals surface area contributed by atoms with E-state index < -0.39 is 0 Å². The van der Waals surface area contributed by atoms with Crippen LogP contribution < -0.4 is 4.90 Å². The fourth-order valence-electron chi connectivity index (χ4n) is 3.03. The molecule has 1 heterocycles. The van der Waals surface area contributed by atoms with E-state index in [1.807, 2.05) is 39.2 Å². The molecule has 4 nitrogen and oxygen atoms in total. The Bertz CT molecular complexity index is 894. The Morgan fingerprint density at radius 1 is 1.18 bits per heavy atom. The van der Waals surface area contributed by atoms with Crippen LogP contribution in [0.3, 0.4) is 0 Å². The molecular formula is C22H25ClN2O2S. The fourth-order valence-corrected chi connectivity index (χ4v) is 4.50. The number of nitrogens with zero attached hydrogens (tertiary/aromatic N) is 2. The van der Waals surface area contributed by atoms with Crippen LogP contribution in [0.5, 0.6) is 0 Å². The van der Waals surface area contributed by atoms with Gasteiger partial charge in [-0.15, -0.1) is 0 Å². The van der Waals surface area contributed by atoms with E-state index in [1.54, 1.807) is 11.8 Å². The molecule has 0 bridgehead atoms. The molecule has 148 valence electrons. The van der Waals surface area contributed by atoms with Gasteiger partial charge >= 0.3 is 5.97 Å². The number of fused-ring (bicyclic) bond motifs is 1. The molecule has 0 aromatic heterocycles. The maximum absolute atomic E-state index is 13.0. The molecule has 2 aromatic rings. The van der Waals surface area contributed by atoms with Gasteiger partial charge in [0.1, 0.15) is 5.70 Å². The number of hydrogen-bond acceptors (Lipinski definition) is 5. The number of aryl methyl sites for hydroxylation is 1. The van der Waals surface area contributed by atoms with Crippen LogP contribution in [0.4, 0.5) is 5.69 Å². The summed E-state index contributed by atoms with van der Waals surface area (Å²) in [5.74, 6) is -0.301. The predicted octanol–water partition coefficient (Wildman–Crippen LogP) is 5.05. The highest BCUT2D eigenvalue weighted by molar-refractivity contribution is 8.08. The Kier molecular flexibility index (Phi) is 6.70. The molecule has 0 radical (unpaired) electrons. The van der Waals surface area contributed by atoms with Crippen molar-refractivity contribution in [2.24, 2.45) is 0 Å². The number of rotatable bonds is 6. The van der Waals surface area contributed by atoms with Crippen molar-refractivity contribution in [1.29, 1.82) is 0 Å². The number of esters is 1. The number of anilines is 1. The molecule has 6 heteroatoms. The summed E-state index contributed by atoms with van der Waals surface area (Å²) in [5, 5.41) is 0.682. The van der Waals surface area contributed by atoms with Crippen LogP contribution in [0, 0.1) is 6.92 Å². The molecule has 0 saturated carbocycles. The van der Waals surface area contributed by atoms with Gasteiger partial charge in [-0.3, -0.25) is 0 Å². The molecule has 3 rings (SSSR count). The molecule has 1 aliphatic rings. The Hall–Kier alpha value is -1.95. The first kappa shape index (κ1) is 20.8. The van der Waals surface area contributed by atoms with E-state index in [0.29, 0.717) is 23.9 Å². The number of carbonyl (C=O) groups is 1. The number of benzene rings is 2. The summed E-state index contributed by atoms with van der Waals surface area (Å²) >= 11 is 7.84. The van der Waals surface area contributed by atoms with E-state index in [0.717, 1.165) is 27.6 Å². The van der Waals surface area contributed by atoms with Gasteiger partial charge < -0.3 is 14.5 Å². The lowest BCUT2D eigenvalue weighted by atomic mass is 10.1. The summed E-state index contributed by atoms with van der Waals surface area (Å²) in [5.41, 5.74) is 3.75. The molecule has 1 aliphatic heterocycles. The first-order valence-electron chi connectivity index (χ1n) is 9.28. The van der Waals surface area contributed by atoms with E-state index in [-0.39, 0.29) is 5.97 Å². The average molecular weight is 417 g/mol. The molecule has 0 unspecified atom stereocenters. The Balaban J connectivity index is 2.17. The molecule has 0 saturated heterocycles. The van der Waals surface area contributed by atoms with Crippen molar-refractivity contribution in [3.63, 3.8) is 0 Å². The Morgan fingerprint density at radius 3 is 2.54 bits per heavy atom. The molecule has 28 heavy (non-hydrogen) atoms. The molecule has 0 atom stereocenters. The van der Waals surface area contributed by atoms with Gasteiger partial charge in [0.25, 0.3) is 0 Å². The maximum Gasteiger partial charge on any atom is 0.356 e. The van der Waals surface area contributed by atoms with Crippen molar-refractivity contribution in [1.82, 2.24) is 4.90 Å². The van der Waals surface area contributed by atoms with Crippen molar-refractivity contribution < 1.29 is 9.53 Å². The van der Waals surface area contributed by atoms with Crippen LogP contribution in [0.25, 0.3) is 4.91 Å². The highest BCUT2D eigenvalue weighted by Gasteiger charge is 2.32. The monoisotopic (exact) mass is 416 g/mol. The highest BCUT2D eigenvalue weighted by atomic mass is 35.5. The summed E-state index contributed by atoms with van der Waals surface area (Å²) in [6.07, 6.45) is 0. The molecule has 0 spiro atoms. The van der Waals surface area contributed by atoms with Gasteiger partial charge in [0.15, 0.2) is 0 Å². The van der Waals surface area contributed by atoms with Crippen molar-refractivity contribution in [3.05, 3.63) is 64.3 Å². The quantitative estimate of drug-likeness (QED) is 0.615. The summed E-state index contributed by atoms with van der Waals surface area (Å²) in [7, 11) is 4.05. The van der Waals surface area contributed by atoms with E-state index >= 15 is 0 Å². The second-order valence-corrected chi connectivity index (χ2v) is 8.42. The van der Waals surface area contributed by atoms with Gasteiger partial charge in [0, 0.05) is 23.0 Å². The summed E-state index contributed by atoms with van der Waals surface area (Å²) in [6.45, 7) is 5.69. The van der Waals surface area contributed by atoms with Gasteiger partial charge in [0.2, 0.25) is 0 Å². The van der Waals surface area contributed by atoms with Crippen LogP contribution in [0.1, 0.15) is 18.1 Å². The summed E-state index contributed by atoms with van der Waals surface area (Å²) in [6, 6.07) is 14.0. The summed E-state index contributed by atoms with van der Waals surface area (Å²) < 4.78 is 5.44. The van der Waals surface area contributed by atoms with Crippen LogP contribution >= 0.6 is 23.4 Å². The average Bonchev–Trinajstić information content (AvgIpc) is 2.65. The van der Waals surface area contributed by atoms with E-state index in [9.17, 15) is 4.79 Å². The second kappa shape index (κ2) is 9.03. The van der Waals surface area contributed by atoms with E-state index in [1.165, 1.54) is 5.56 Å². The number of halogens is 1. The van der Waals surface area contributed by atoms with Gasteiger partial charge in [0.05, 0.1) is 17.2 Å². The maximum atomic E-state index is 13.0. The van der Waals surface area contributed by atoms with Crippen LogP contribution in [0.15, 0.2) is 53.1 Å². The SMILES string of the molecule is CCOC(=O)C1=C(c2ccc(C)cc2)Sc2cc(Cl)ccc2N1CCN(C)C. The van der Waals surface area contributed by atoms with Crippen LogP contribution in [-0.4, -0.2) is 44.7 Å². The molecule has 0 N–H and O–H groups in total. The van der Waals surface area contributed by atoms with Gasteiger partial charge in [-0.25, -0.2) is 4.79 Å². The zero-order valence-corrected chi connectivity index (χ0v) is 18.2. The standard InChI is InChI=1S/C22H25ClN2O2S/c1-5-27-22(26)20-21(16-8-6-15(2)7-9-16)28-19-14-17(23)10-11-18(19)25(20)13-12-24(3)4/h6-11,14H,5,12-13H2,1-4H3. The van der Waals surface area contributed by atoms with Crippen molar-refractivity contribution in [2.45, 2.75) is 18.7 Å². The number of ether oxygens (including phenoxy) is 1. The van der Waals surface area contributed by atoms with Crippen molar-refractivity contribution in [2.75, 3.05) is 38.7 Å². The lowest BCUT2D eigenvalue weighted by Gasteiger charge is -2.34. The van der Waals surface area contributed by atoms with Crippen LogP contribution in [0.2, 0.25) is 5.02 Å². The molecule has 2 aromatic carbocycles. The van der Waals surface area contributed by atoms with Gasteiger partial charge in [-0.05, 0) is 51.7 Å². The largest absolute Gasteiger partial charge is 0.461 e. The third-order valence-corrected chi connectivity index (χ3v) is 5.88. The first-order valence-corrected chi connectivity index (χ1v) is 10.5. The topological polar surface area (TPSA) is 32.8 Å². The number of hydrogen-bond donors (Lipinski definition) is 0. The zero-order valence-electron chi connectivity index (χ0n) is 16.7. The summed E-state index contributed by atoms with van der Waals surface area (Å²) in [4.78, 5) is 19.1. The normalized spacial score (nSPS) is 13.7. The minimum atomic E-state index is -0.301. The smallest absolute Gasteiger partial charge is 0.356 e. The Morgan fingerprint density at radius 2 is 1.89 bits per heavy atom. The zero-order chi connectivity index (χ0) is 20.3. The number of carbonyl (C=O) groups excluding carboxylic acids is 1. The van der Waals surface area contributed by atoms with E-state index in [4.69, 9.17) is 16.3 Å². The van der Waals surface area contributed by atoms with Crippen molar-refractivity contribution >= 4 is 39.9 Å². The lowest BCUT2D eigenvalue weighted by Crippen LogP contribution is -2.36. The third kappa shape index (κ3) is 4.54. The first-order chi connectivity index (χ1) is 13.4. The second-order valence-electron chi connectivity index (χ2n) is 6.93. The van der Waals surface area contributed by atoms with Gasteiger partial charge in [-0.2, -0.15) is 0 Å². The molecular weight excluding hydrogens is 392 g/mol.